The van der Waals surface area contributed by atoms with E-state index in [2.05, 4.69) is 10.00 Å². The third kappa shape index (κ3) is 3.35. The summed E-state index contributed by atoms with van der Waals surface area (Å²) in [6, 6.07) is 1.78. The van der Waals surface area contributed by atoms with Gasteiger partial charge in [0.2, 0.25) is 5.91 Å². The number of carbonyl (C=O) groups excluding carboxylic acids is 2. The molecule has 26 heavy (non-hydrogen) atoms. The summed E-state index contributed by atoms with van der Waals surface area (Å²) in [7, 11) is 5.63. The number of aryl methyl sites for hydroxylation is 1. The van der Waals surface area contributed by atoms with Gasteiger partial charge in [0.15, 0.2) is 0 Å². The van der Waals surface area contributed by atoms with Crippen LogP contribution in [0.2, 0.25) is 0 Å². The molecule has 8 nitrogen and oxygen atoms in total. The Kier molecular flexibility index (Phi) is 5.34. The van der Waals surface area contributed by atoms with Crippen LogP contribution in [0, 0.1) is 11.3 Å². The number of hydrogen-bond donors (Lipinski definition) is 0. The molecule has 1 aromatic heterocycles. The zero-order valence-electron chi connectivity index (χ0n) is 16.1. The number of fused-ring (bicyclic) bond motifs is 1. The minimum absolute atomic E-state index is 0.0296. The average molecular weight is 363 g/mol. The van der Waals surface area contributed by atoms with Gasteiger partial charge in [0, 0.05) is 63.9 Å². The van der Waals surface area contributed by atoms with Crippen molar-refractivity contribution in [2.75, 3.05) is 60.5 Å². The predicted molar refractivity (Wildman–Crippen MR) is 96.7 cm³/mol. The second-order valence-electron chi connectivity index (χ2n) is 7.72. The Balaban J connectivity index is 1.78. The molecule has 0 N–H and O–H groups in total. The third-order valence-electron chi connectivity index (χ3n) is 5.53. The Morgan fingerprint density at radius 2 is 2.00 bits per heavy atom. The number of ether oxygens (including phenoxy) is 1. The molecule has 2 atom stereocenters. The van der Waals surface area contributed by atoms with Crippen molar-refractivity contribution in [1.82, 2.24) is 24.5 Å². The number of likely N-dealkylation sites (tertiary alicyclic amines) is 2. The van der Waals surface area contributed by atoms with E-state index < -0.39 is 0 Å². The van der Waals surface area contributed by atoms with Gasteiger partial charge < -0.3 is 19.4 Å². The number of nitrogens with zero attached hydrogens (tertiary/aromatic N) is 5. The molecule has 3 rings (SSSR count). The Morgan fingerprint density at radius 1 is 1.31 bits per heavy atom. The number of aromatic nitrogens is 2. The molecule has 2 aliphatic heterocycles. The SMILES string of the molecule is CCn1nccc1C(=O)N1C[C@H]2CN(C(=O)COC)C[C@@]2(CN(C)C)C1. The molecule has 3 heterocycles. The van der Waals surface area contributed by atoms with Crippen LogP contribution in [0.1, 0.15) is 17.4 Å². The van der Waals surface area contributed by atoms with Gasteiger partial charge in [-0.3, -0.25) is 14.3 Å². The summed E-state index contributed by atoms with van der Waals surface area (Å²) < 4.78 is 6.75. The van der Waals surface area contributed by atoms with Gasteiger partial charge in [-0.15, -0.1) is 0 Å². The predicted octanol–water partition coefficient (Wildman–Crippen LogP) is 0.0116. The Bertz CT molecular complexity index is 674. The maximum absolute atomic E-state index is 13.0. The summed E-state index contributed by atoms with van der Waals surface area (Å²) in [4.78, 5) is 31.3. The van der Waals surface area contributed by atoms with E-state index in [1.54, 1.807) is 24.1 Å². The molecule has 0 bridgehead atoms. The van der Waals surface area contributed by atoms with Crippen molar-refractivity contribution in [2.24, 2.45) is 11.3 Å². The molecule has 8 heteroatoms. The lowest BCUT2D eigenvalue weighted by atomic mass is 9.80. The maximum atomic E-state index is 13.0. The molecule has 0 unspecified atom stereocenters. The van der Waals surface area contributed by atoms with Crippen molar-refractivity contribution >= 4 is 11.8 Å². The monoisotopic (exact) mass is 363 g/mol. The summed E-state index contributed by atoms with van der Waals surface area (Å²) in [5.74, 6) is 0.348. The topological polar surface area (TPSA) is 70.9 Å². The van der Waals surface area contributed by atoms with Crippen LogP contribution in [0.25, 0.3) is 0 Å². The van der Waals surface area contributed by atoms with Gasteiger partial charge in [-0.05, 0) is 27.1 Å². The highest BCUT2D eigenvalue weighted by atomic mass is 16.5. The van der Waals surface area contributed by atoms with Crippen LogP contribution in [0.5, 0.6) is 0 Å². The van der Waals surface area contributed by atoms with Gasteiger partial charge >= 0.3 is 0 Å². The van der Waals surface area contributed by atoms with E-state index in [0.29, 0.717) is 38.4 Å². The van der Waals surface area contributed by atoms with Gasteiger partial charge in [-0.1, -0.05) is 0 Å². The van der Waals surface area contributed by atoms with Crippen LogP contribution < -0.4 is 0 Å². The van der Waals surface area contributed by atoms with E-state index in [1.165, 1.54) is 0 Å². The Hall–Kier alpha value is -1.93. The first-order valence-electron chi connectivity index (χ1n) is 9.12. The minimum Gasteiger partial charge on any atom is -0.375 e. The molecule has 2 amide bonds. The summed E-state index contributed by atoms with van der Waals surface area (Å²) in [6.45, 7) is 6.33. The third-order valence-corrected chi connectivity index (χ3v) is 5.53. The van der Waals surface area contributed by atoms with Crippen LogP contribution >= 0.6 is 0 Å². The first kappa shape index (κ1) is 18.8. The molecule has 0 aromatic carbocycles. The van der Waals surface area contributed by atoms with E-state index in [9.17, 15) is 9.59 Å². The van der Waals surface area contributed by atoms with Gasteiger partial charge in [0.25, 0.3) is 5.91 Å². The normalized spacial score (nSPS) is 25.2. The number of methoxy groups -OCH3 is 1. The van der Waals surface area contributed by atoms with Crippen molar-refractivity contribution in [3.63, 3.8) is 0 Å². The molecule has 0 spiro atoms. The van der Waals surface area contributed by atoms with E-state index in [0.717, 1.165) is 6.54 Å². The number of rotatable bonds is 6. The van der Waals surface area contributed by atoms with E-state index in [4.69, 9.17) is 4.74 Å². The highest BCUT2D eigenvalue weighted by Crippen LogP contribution is 2.43. The number of amides is 2. The molecular weight excluding hydrogens is 334 g/mol. The standard InChI is InChI=1S/C18H29N5O3/c1-5-23-15(6-7-19-23)17(25)22-9-14-8-21(16(24)10-26-4)12-18(14,13-22)11-20(2)3/h6-7,14H,5,8-13H2,1-4H3/t14-,18+/m1/s1. The van der Waals surface area contributed by atoms with Gasteiger partial charge in [-0.25, -0.2) is 0 Å². The first-order valence-corrected chi connectivity index (χ1v) is 9.12. The second kappa shape index (κ2) is 7.36. The molecule has 144 valence electrons. The van der Waals surface area contributed by atoms with Crippen LogP contribution in [0.4, 0.5) is 0 Å². The molecule has 0 aliphatic carbocycles. The summed E-state index contributed by atoms with van der Waals surface area (Å²) in [5.41, 5.74) is 0.555. The van der Waals surface area contributed by atoms with Gasteiger partial charge in [-0.2, -0.15) is 5.10 Å². The van der Waals surface area contributed by atoms with Crippen molar-refractivity contribution in [3.8, 4) is 0 Å². The number of carbonyl (C=O) groups is 2. The first-order chi connectivity index (χ1) is 12.4. The van der Waals surface area contributed by atoms with Gasteiger partial charge in [0.1, 0.15) is 12.3 Å². The number of hydrogen-bond acceptors (Lipinski definition) is 5. The van der Waals surface area contributed by atoms with E-state index >= 15 is 0 Å². The quantitative estimate of drug-likeness (QED) is 0.712. The second-order valence-corrected chi connectivity index (χ2v) is 7.72. The molecule has 2 aliphatic rings. The zero-order valence-corrected chi connectivity index (χ0v) is 16.1. The fourth-order valence-corrected chi connectivity index (χ4v) is 4.52. The van der Waals surface area contributed by atoms with Crippen molar-refractivity contribution in [1.29, 1.82) is 0 Å². The molecule has 0 radical (unpaired) electrons. The summed E-state index contributed by atoms with van der Waals surface area (Å²) in [5, 5.41) is 4.21. The fourth-order valence-electron chi connectivity index (χ4n) is 4.52. The maximum Gasteiger partial charge on any atom is 0.272 e. The summed E-state index contributed by atoms with van der Waals surface area (Å²) in [6.07, 6.45) is 1.67. The zero-order chi connectivity index (χ0) is 18.9. The van der Waals surface area contributed by atoms with Gasteiger partial charge in [0.05, 0.1) is 0 Å². The van der Waals surface area contributed by atoms with Crippen molar-refractivity contribution < 1.29 is 14.3 Å². The molecule has 2 fully saturated rings. The fraction of sp³-hybridized carbons (Fsp3) is 0.722. The molecule has 1 aromatic rings. The van der Waals surface area contributed by atoms with Crippen molar-refractivity contribution in [2.45, 2.75) is 13.5 Å². The highest BCUT2D eigenvalue weighted by molar-refractivity contribution is 5.93. The van der Waals surface area contributed by atoms with Crippen LogP contribution in [0.3, 0.4) is 0 Å². The lowest BCUT2D eigenvalue weighted by Crippen LogP contribution is -2.44. The van der Waals surface area contributed by atoms with E-state index in [1.807, 2.05) is 30.8 Å². The van der Waals surface area contributed by atoms with Crippen LogP contribution in [-0.4, -0.2) is 96.8 Å². The Morgan fingerprint density at radius 3 is 2.65 bits per heavy atom. The minimum atomic E-state index is -0.0837. The molecular formula is C18H29N5O3. The molecule has 0 saturated carbocycles. The lowest BCUT2D eigenvalue weighted by molar-refractivity contribution is -0.134. The van der Waals surface area contributed by atoms with Crippen LogP contribution in [0.15, 0.2) is 12.3 Å². The highest BCUT2D eigenvalue weighted by Gasteiger charge is 2.54. The van der Waals surface area contributed by atoms with E-state index in [-0.39, 0.29) is 29.8 Å². The smallest absolute Gasteiger partial charge is 0.272 e. The lowest BCUT2D eigenvalue weighted by Gasteiger charge is -2.32. The van der Waals surface area contributed by atoms with Crippen LogP contribution in [-0.2, 0) is 16.1 Å². The molecule has 2 saturated heterocycles. The van der Waals surface area contributed by atoms with Crippen molar-refractivity contribution in [3.05, 3.63) is 18.0 Å². The average Bonchev–Trinajstić information content (AvgIpc) is 3.25. The largest absolute Gasteiger partial charge is 0.375 e. The summed E-state index contributed by atoms with van der Waals surface area (Å²) >= 11 is 0. The Labute approximate surface area is 154 Å².